The van der Waals surface area contributed by atoms with Crippen molar-refractivity contribution in [3.05, 3.63) is 46.7 Å². The summed E-state index contributed by atoms with van der Waals surface area (Å²) in [6.45, 7) is 2.06. The zero-order valence-electron chi connectivity index (χ0n) is 9.39. The quantitative estimate of drug-likeness (QED) is 0.913. The van der Waals surface area contributed by atoms with Crippen LogP contribution in [0.15, 0.2) is 41.1 Å². The van der Waals surface area contributed by atoms with Crippen molar-refractivity contribution in [1.82, 2.24) is 9.97 Å². The molecule has 0 bridgehead atoms. The lowest BCUT2D eigenvalue weighted by molar-refractivity contribution is 0.860. The standard InChI is InChI=1S/C12H13BrN4/c1-8(9-2-4-10(13)5-3-9)17-12-15-6-11(14)7-16-12/h2-8H,14H2,1H3,(H,15,16,17). The lowest BCUT2D eigenvalue weighted by Gasteiger charge is -2.14. The number of nitrogen functional groups attached to an aromatic ring is 1. The van der Waals surface area contributed by atoms with Crippen molar-refractivity contribution in [2.24, 2.45) is 0 Å². The summed E-state index contributed by atoms with van der Waals surface area (Å²) in [4.78, 5) is 8.21. The summed E-state index contributed by atoms with van der Waals surface area (Å²) in [6.07, 6.45) is 3.17. The van der Waals surface area contributed by atoms with Crippen LogP contribution in [0.1, 0.15) is 18.5 Å². The maximum Gasteiger partial charge on any atom is 0.223 e. The molecule has 0 spiro atoms. The molecule has 0 radical (unpaired) electrons. The van der Waals surface area contributed by atoms with Gasteiger partial charge in [0.2, 0.25) is 5.95 Å². The summed E-state index contributed by atoms with van der Waals surface area (Å²) in [5, 5.41) is 3.21. The minimum absolute atomic E-state index is 0.145. The van der Waals surface area contributed by atoms with Gasteiger partial charge in [0.05, 0.1) is 24.1 Å². The first-order valence-electron chi connectivity index (χ1n) is 5.24. The van der Waals surface area contributed by atoms with Crippen molar-refractivity contribution in [2.75, 3.05) is 11.1 Å². The second-order valence-corrected chi connectivity index (χ2v) is 4.67. The van der Waals surface area contributed by atoms with Gasteiger partial charge in [0.1, 0.15) is 0 Å². The predicted molar refractivity (Wildman–Crippen MR) is 72.6 cm³/mol. The Balaban J connectivity index is 2.08. The second-order valence-electron chi connectivity index (χ2n) is 3.76. The maximum atomic E-state index is 5.53. The minimum atomic E-state index is 0.145. The lowest BCUT2D eigenvalue weighted by atomic mass is 10.1. The fourth-order valence-corrected chi connectivity index (χ4v) is 1.71. The molecule has 0 saturated carbocycles. The van der Waals surface area contributed by atoms with E-state index in [0.717, 1.165) is 4.47 Å². The molecule has 4 nitrogen and oxygen atoms in total. The van der Waals surface area contributed by atoms with Crippen LogP contribution in [0.2, 0.25) is 0 Å². The lowest BCUT2D eigenvalue weighted by Crippen LogP contribution is -2.09. The largest absolute Gasteiger partial charge is 0.396 e. The summed E-state index contributed by atoms with van der Waals surface area (Å²) in [6, 6.07) is 8.28. The molecule has 17 heavy (non-hydrogen) atoms. The third-order valence-corrected chi connectivity index (χ3v) is 2.92. The zero-order valence-corrected chi connectivity index (χ0v) is 11.0. The van der Waals surface area contributed by atoms with E-state index in [-0.39, 0.29) is 6.04 Å². The maximum absolute atomic E-state index is 5.53. The highest BCUT2D eigenvalue weighted by Gasteiger charge is 2.06. The van der Waals surface area contributed by atoms with Crippen LogP contribution in [0.5, 0.6) is 0 Å². The highest BCUT2D eigenvalue weighted by atomic mass is 79.9. The van der Waals surface area contributed by atoms with Crippen LogP contribution in [0.3, 0.4) is 0 Å². The predicted octanol–water partition coefficient (Wildman–Crippen LogP) is 2.99. The molecule has 1 heterocycles. The highest BCUT2D eigenvalue weighted by Crippen LogP contribution is 2.19. The van der Waals surface area contributed by atoms with Crippen LogP contribution in [-0.2, 0) is 0 Å². The van der Waals surface area contributed by atoms with E-state index in [9.17, 15) is 0 Å². The Bertz CT molecular complexity index is 481. The Hall–Kier alpha value is -1.62. The van der Waals surface area contributed by atoms with Crippen LogP contribution in [0.4, 0.5) is 11.6 Å². The van der Waals surface area contributed by atoms with Crippen molar-refractivity contribution in [2.45, 2.75) is 13.0 Å². The van der Waals surface area contributed by atoms with Crippen molar-refractivity contribution < 1.29 is 0 Å². The van der Waals surface area contributed by atoms with Crippen LogP contribution >= 0.6 is 15.9 Å². The van der Waals surface area contributed by atoms with Gasteiger partial charge in [-0.2, -0.15) is 0 Å². The number of aromatic nitrogens is 2. The molecule has 2 rings (SSSR count). The van der Waals surface area contributed by atoms with Crippen LogP contribution in [0.25, 0.3) is 0 Å². The summed E-state index contributed by atoms with van der Waals surface area (Å²) in [5.74, 6) is 0.578. The van der Waals surface area contributed by atoms with E-state index >= 15 is 0 Å². The summed E-state index contributed by atoms with van der Waals surface area (Å²) >= 11 is 3.41. The molecule has 5 heteroatoms. The third-order valence-electron chi connectivity index (χ3n) is 2.39. The number of hydrogen-bond acceptors (Lipinski definition) is 4. The zero-order chi connectivity index (χ0) is 12.3. The fraction of sp³-hybridized carbons (Fsp3) is 0.167. The number of halogens is 1. The van der Waals surface area contributed by atoms with E-state index in [1.807, 2.05) is 12.1 Å². The van der Waals surface area contributed by atoms with Gasteiger partial charge in [-0.05, 0) is 24.6 Å². The van der Waals surface area contributed by atoms with Gasteiger partial charge in [-0.3, -0.25) is 0 Å². The molecule has 3 N–H and O–H groups in total. The molecule has 1 atom stereocenters. The molecule has 0 saturated heterocycles. The number of nitrogens with zero attached hydrogens (tertiary/aromatic N) is 2. The van der Waals surface area contributed by atoms with E-state index in [1.54, 1.807) is 12.4 Å². The number of anilines is 2. The Labute approximate surface area is 108 Å². The Morgan fingerprint density at radius 2 is 1.76 bits per heavy atom. The third kappa shape index (κ3) is 3.17. The number of nitrogens with one attached hydrogen (secondary N) is 1. The highest BCUT2D eigenvalue weighted by molar-refractivity contribution is 9.10. The summed E-state index contributed by atoms with van der Waals surface area (Å²) < 4.78 is 1.07. The Kier molecular flexibility index (Phi) is 3.58. The molecule has 1 unspecified atom stereocenters. The first kappa shape index (κ1) is 11.9. The van der Waals surface area contributed by atoms with Gasteiger partial charge in [-0.15, -0.1) is 0 Å². The van der Waals surface area contributed by atoms with E-state index in [1.165, 1.54) is 5.56 Å². The SMILES string of the molecule is CC(Nc1ncc(N)cn1)c1ccc(Br)cc1. The molecule has 1 aromatic heterocycles. The normalized spacial score (nSPS) is 12.1. The fourth-order valence-electron chi connectivity index (χ4n) is 1.44. The average molecular weight is 293 g/mol. The number of nitrogens with two attached hydrogens (primary N) is 1. The molecule has 0 aliphatic rings. The van der Waals surface area contributed by atoms with Gasteiger partial charge >= 0.3 is 0 Å². The first-order valence-corrected chi connectivity index (χ1v) is 6.04. The molecule has 88 valence electrons. The van der Waals surface area contributed by atoms with E-state index in [4.69, 9.17) is 5.73 Å². The van der Waals surface area contributed by atoms with Gasteiger partial charge in [0, 0.05) is 4.47 Å². The molecular formula is C12H13BrN4. The van der Waals surface area contributed by atoms with E-state index in [2.05, 4.69) is 50.3 Å². The van der Waals surface area contributed by atoms with Crippen LogP contribution in [0, 0.1) is 0 Å². The molecule has 0 aliphatic heterocycles. The average Bonchev–Trinajstić information content (AvgIpc) is 2.33. The van der Waals surface area contributed by atoms with Gasteiger partial charge in [0.25, 0.3) is 0 Å². The van der Waals surface area contributed by atoms with Gasteiger partial charge in [-0.1, -0.05) is 28.1 Å². The second kappa shape index (κ2) is 5.14. The van der Waals surface area contributed by atoms with Gasteiger partial charge in [-0.25, -0.2) is 9.97 Å². The topological polar surface area (TPSA) is 63.8 Å². The van der Waals surface area contributed by atoms with Gasteiger partial charge < -0.3 is 11.1 Å². The van der Waals surface area contributed by atoms with E-state index < -0.39 is 0 Å². The molecule has 0 aliphatic carbocycles. The van der Waals surface area contributed by atoms with Crippen molar-refractivity contribution in [1.29, 1.82) is 0 Å². The van der Waals surface area contributed by atoms with Crippen molar-refractivity contribution >= 4 is 27.6 Å². The molecule has 2 aromatic rings. The molecular weight excluding hydrogens is 280 g/mol. The summed E-state index contributed by atoms with van der Waals surface area (Å²) in [7, 11) is 0. The van der Waals surface area contributed by atoms with E-state index in [0.29, 0.717) is 11.6 Å². The number of hydrogen-bond donors (Lipinski definition) is 2. The monoisotopic (exact) mass is 292 g/mol. The summed E-state index contributed by atoms with van der Waals surface area (Å²) in [5.41, 5.74) is 7.26. The van der Waals surface area contributed by atoms with Gasteiger partial charge in [0.15, 0.2) is 0 Å². The van der Waals surface area contributed by atoms with Crippen molar-refractivity contribution in [3.8, 4) is 0 Å². The minimum Gasteiger partial charge on any atom is -0.396 e. The Morgan fingerprint density at radius 1 is 1.18 bits per heavy atom. The number of rotatable bonds is 3. The van der Waals surface area contributed by atoms with Crippen LogP contribution < -0.4 is 11.1 Å². The molecule has 0 fully saturated rings. The first-order chi connectivity index (χ1) is 8.15. The van der Waals surface area contributed by atoms with Crippen molar-refractivity contribution in [3.63, 3.8) is 0 Å². The Morgan fingerprint density at radius 3 is 2.35 bits per heavy atom. The molecule has 1 aromatic carbocycles. The molecule has 0 amide bonds. The number of benzene rings is 1. The smallest absolute Gasteiger partial charge is 0.223 e. The van der Waals surface area contributed by atoms with Crippen LogP contribution in [-0.4, -0.2) is 9.97 Å².